The van der Waals surface area contributed by atoms with E-state index in [1.54, 1.807) is 0 Å². The summed E-state index contributed by atoms with van der Waals surface area (Å²) >= 11 is 0. The number of nitrogens with zero attached hydrogens (tertiary/aromatic N) is 1. The van der Waals surface area contributed by atoms with E-state index in [2.05, 4.69) is 31.3 Å². The molecule has 0 aliphatic carbocycles. The van der Waals surface area contributed by atoms with E-state index >= 15 is 0 Å². The van der Waals surface area contributed by atoms with Crippen molar-refractivity contribution in [1.29, 1.82) is 0 Å². The smallest absolute Gasteiger partial charge is 0.307 e. The molecule has 23 heavy (non-hydrogen) atoms. The Bertz CT molecular complexity index is 577. The number of hydrogen-bond donors (Lipinski definition) is 2. The molecule has 1 aromatic carbocycles. The van der Waals surface area contributed by atoms with Crippen LogP contribution in [0.3, 0.4) is 0 Å². The molecule has 0 aromatic heterocycles. The van der Waals surface area contributed by atoms with E-state index < -0.39 is 5.97 Å². The molecule has 2 unspecified atom stereocenters. The summed E-state index contributed by atoms with van der Waals surface area (Å²) in [6, 6.07) is 6.13. The van der Waals surface area contributed by atoms with Gasteiger partial charge in [-0.1, -0.05) is 18.2 Å². The molecule has 1 aromatic rings. The van der Waals surface area contributed by atoms with E-state index in [9.17, 15) is 9.59 Å². The number of likely N-dealkylation sites (tertiary alicyclic amines) is 1. The maximum atomic E-state index is 12.1. The number of amides is 1. The van der Waals surface area contributed by atoms with Crippen molar-refractivity contribution in [3.8, 4) is 0 Å². The van der Waals surface area contributed by atoms with Crippen LogP contribution < -0.4 is 5.32 Å². The number of nitrogens with one attached hydrogen (secondary N) is 1. The quantitative estimate of drug-likeness (QED) is 0.863. The molecular formula is C17H25ClN2O3. The average molecular weight is 341 g/mol. The summed E-state index contributed by atoms with van der Waals surface area (Å²) in [5.74, 6) is -1.17. The molecule has 1 amide bonds. The van der Waals surface area contributed by atoms with Crippen LogP contribution in [-0.2, 0) is 9.59 Å². The third-order valence-electron chi connectivity index (χ3n) is 4.40. The second-order valence-corrected chi connectivity index (χ2v) is 6.19. The third kappa shape index (κ3) is 5.22. The number of benzene rings is 1. The standard InChI is InChI=1S/C17H24N2O3.ClH/c1-11-4-5-14(8-12(11)2)13(3)18-16(20)10-19-7-6-15(9-19)17(21)22;/h4-5,8,13,15H,6-7,9-10H2,1-3H3,(H,18,20)(H,21,22);1H. The van der Waals surface area contributed by atoms with Gasteiger partial charge in [0.15, 0.2) is 0 Å². The van der Waals surface area contributed by atoms with Crippen molar-refractivity contribution in [2.24, 2.45) is 5.92 Å². The lowest BCUT2D eigenvalue weighted by Gasteiger charge is -2.19. The molecule has 0 radical (unpaired) electrons. The summed E-state index contributed by atoms with van der Waals surface area (Å²) in [6.07, 6.45) is 0.620. The van der Waals surface area contributed by atoms with Gasteiger partial charge in [0.05, 0.1) is 18.5 Å². The molecule has 2 rings (SSSR count). The highest BCUT2D eigenvalue weighted by atomic mass is 35.5. The van der Waals surface area contributed by atoms with Gasteiger partial charge in [0.25, 0.3) is 0 Å². The number of carbonyl (C=O) groups excluding carboxylic acids is 1. The fourth-order valence-electron chi connectivity index (χ4n) is 2.79. The minimum absolute atomic E-state index is 0. The molecule has 0 spiro atoms. The van der Waals surface area contributed by atoms with Crippen LogP contribution >= 0.6 is 12.4 Å². The van der Waals surface area contributed by atoms with E-state index in [1.807, 2.05) is 17.9 Å². The number of halogens is 1. The summed E-state index contributed by atoms with van der Waals surface area (Å²) < 4.78 is 0. The normalized spacial score (nSPS) is 19.0. The molecule has 1 aliphatic heterocycles. The van der Waals surface area contributed by atoms with Gasteiger partial charge in [-0.25, -0.2) is 0 Å². The minimum atomic E-state index is -0.772. The largest absolute Gasteiger partial charge is 0.481 e. The van der Waals surface area contributed by atoms with Gasteiger partial charge >= 0.3 is 5.97 Å². The van der Waals surface area contributed by atoms with E-state index in [0.717, 1.165) is 5.56 Å². The summed E-state index contributed by atoms with van der Waals surface area (Å²) in [6.45, 7) is 7.48. The molecule has 0 bridgehead atoms. The average Bonchev–Trinajstić information content (AvgIpc) is 2.90. The molecule has 1 fully saturated rings. The Kier molecular flexibility index (Phi) is 7.03. The Hall–Kier alpha value is -1.59. The summed E-state index contributed by atoms with van der Waals surface area (Å²) in [4.78, 5) is 24.9. The maximum Gasteiger partial charge on any atom is 0.307 e. The van der Waals surface area contributed by atoms with Crippen molar-refractivity contribution in [3.63, 3.8) is 0 Å². The Labute approximate surface area is 143 Å². The highest BCUT2D eigenvalue weighted by Gasteiger charge is 2.29. The maximum absolute atomic E-state index is 12.1. The first-order valence-electron chi connectivity index (χ1n) is 7.68. The lowest BCUT2D eigenvalue weighted by molar-refractivity contribution is -0.141. The molecule has 6 heteroatoms. The second-order valence-electron chi connectivity index (χ2n) is 6.19. The van der Waals surface area contributed by atoms with Gasteiger partial charge in [0.2, 0.25) is 5.91 Å². The van der Waals surface area contributed by atoms with Gasteiger partial charge in [0, 0.05) is 6.54 Å². The number of carboxylic acid groups (broad SMARTS) is 1. The predicted molar refractivity (Wildman–Crippen MR) is 91.9 cm³/mol. The topological polar surface area (TPSA) is 69.6 Å². The van der Waals surface area contributed by atoms with Crippen molar-refractivity contribution < 1.29 is 14.7 Å². The van der Waals surface area contributed by atoms with Gasteiger partial charge in [-0.2, -0.15) is 0 Å². The van der Waals surface area contributed by atoms with Crippen molar-refractivity contribution >= 4 is 24.3 Å². The van der Waals surface area contributed by atoms with E-state index in [4.69, 9.17) is 5.11 Å². The highest BCUT2D eigenvalue weighted by molar-refractivity contribution is 5.85. The monoisotopic (exact) mass is 340 g/mol. The molecule has 1 aliphatic rings. The third-order valence-corrected chi connectivity index (χ3v) is 4.40. The first kappa shape index (κ1) is 19.5. The van der Waals surface area contributed by atoms with Crippen LogP contribution in [0.25, 0.3) is 0 Å². The van der Waals surface area contributed by atoms with Gasteiger partial charge in [-0.05, 0) is 50.4 Å². The number of hydrogen-bond acceptors (Lipinski definition) is 3. The Balaban J connectivity index is 0.00000264. The predicted octanol–water partition coefficient (Wildman–Crippen LogP) is 2.31. The van der Waals surface area contributed by atoms with Crippen molar-refractivity contribution in [2.75, 3.05) is 19.6 Å². The zero-order chi connectivity index (χ0) is 16.3. The summed E-state index contributed by atoms with van der Waals surface area (Å²) in [5, 5.41) is 12.0. The summed E-state index contributed by atoms with van der Waals surface area (Å²) in [5.41, 5.74) is 3.53. The molecule has 1 heterocycles. The second kappa shape index (κ2) is 8.31. The van der Waals surface area contributed by atoms with Gasteiger partial charge in [-0.15, -0.1) is 12.4 Å². The number of aliphatic carboxylic acids is 1. The molecular weight excluding hydrogens is 316 g/mol. The Morgan fingerprint density at radius 1 is 1.35 bits per heavy atom. The van der Waals surface area contributed by atoms with Gasteiger partial charge in [0.1, 0.15) is 0 Å². The van der Waals surface area contributed by atoms with Crippen LogP contribution in [0.15, 0.2) is 18.2 Å². The number of carboxylic acids is 1. The van der Waals surface area contributed by atoms with Crippen molar-refractivity contribution in [1.82, 2.24) is 10.2 Å². The highest BCUT2D eigenvalue weighted by Crippen LogP contribution is 2.18. The van der Waals surface area contributed by atoms with E-state index in [-0.39, 0.29) is 36.8 Å². The van der Waals surface area contributed by atoms with E-state index in [1.165, 1.54) is 11.1 Å². The van der Waals surface area contributed by atoms with Crippen molar-refractivity contribution in [2.45, 2.75) is 33.2 Å². The van der Waals surface area contributed by atoms with Crippen LogP contribution in [0.5, 0.6) is 0 Å². The summed E-state index contributed by atoms with van der Waals surface area (Å²) in [7, 11) is 0. The number of rotatable bonds is 5. The minimum Gasteiger partial charge on any atom is -0.481 e. The lowest BCUT2D eigenvalue weighted by atomic mass is 10.0. The fourth-order valence-corrected chi connectivity index (χ4v) is 2.79. The lowest BCUT2D eigenvalue weighted by Crippen LogP contribution is -2.37. The zero-order valence-corrected chi connectivity index (χ0v) is 14.7. The number of carbonyl (C=O) groups is 2. The molecule has 5 nitrogen and oxygen atoms in total. The zero-order valence-electron chi connectivity index (χ0n) is 13.8. The Morgan fingerprint density at radius 2 is 2.04 bits per heavy atom. The fraction of sp³-hybridized carbons (Fsp3) is 0.529. The van der Waals surface area contributed by atoms with Crippen LogP contribution in [0.4, 0.5) is 0 Å². The van der Waals surface area contributed by atoms with Crippen LogP contribution in [-0.4, -0.2) is 41.5 Å². The van der Waals surface area contributed by atoms with Gasteiger partial charge < -0.3 is 10.4 Å². The molecule has 0 saturated carbocycles. The molecule has 128 valence electrons. The van der Waals surface area contributed by atoms with Crippen LogP contribution in [0.2, 0.25) is 0 Å². The Morgan fingerprint density at radius 3 is 2.61 bits per heavy atom. The molecule has 2 N–H and O–H groups in total. The first-order valence-corrected chi connectivity index (χ1v) is 7.68. The first-order chi connectivity index (χ1) is 10.4. The molecule has 2 atom stereocenters. The van der Waals surface area contributed by atoms with Crippen LogP contribution in [0.1, 0.15) is 36.1 Å². The number of aryl methyl sites for hydroxylation is 2. The SMILES string of the molecule is Cc1ccc(C(C)NC(=O)CN2CCC(C(=O)O)C2)cc1C.Cl. The van der Waals surface area contributed by atoms with Gasteiger partial charge in [-0.3, -0.25) is 14.5 Å². The van der Waals surface area contributed by atoms with Crippen LogP contribution in [0, 0.1) is 19.8 Å². The van der Waals surface area contributed by atoms with Crippen molar-refractivity contribution in [3.05, 3.63) is 34.9 Å². The van der Waals surface area contributed by atoms with E-state index in [0.29, 0.717) is 19.5 Å². The molecule has 1 saturated heterocycles.